The van der Waals surface area contributed by atoms with Gasteiger partial charge in [-0.05, 0) is 90.7 Å². The molecule has 0 unspecified atom stereocenters. The third kappa shape index (κ3) is 6.98. The van der Waals surface area contributed by atoms with Gasteiger partial charge in [0.2, 0.25) is 0 Å². The number of rotatable bonds is 8. The quantitative estimate of drug-likeness (QED) is 0.156. The number of aromatic nitrogens is 3. The van der Waals surface area contributed by atoms with Crippen molar-refractivity contribution in [3.8, 4) is 89.8 Å². The summed E-state index contributed by atoms with van der Waals surface area (Å²) in [5, 5.41) is 2.47. The van der Waals surface area contributed by atoms with E-state index in [-0.39, 0.29) is 0 Å². The molecule has 0 aliphatic heterocycles. The zero-order valence-electron chi connectivity index (χ0n) is 31.7. The molecule has 10 aromatic rings. The molecule has 0 spiro atoms. The highest BCUT2D eigenvalue weighted by Crippen LogP contribution is 2.39. The Morgan fingerprint density at radius 3 is 1.31 bits per heavy atom. The van der Waals surface area contributed by atoms with Crippen LogP contribution in [0.15, 0.2) is 224 Å². The molecule has 1 heterocycles. The van der Waals surface area contributed by atoms with Crippen molar-refractivity contribution in [2.24, 2.45) is 0 Å². The topological polar surface area (TPSA) is 38.7 Å². The molecular weight excluding hydrogens is 703 g/mol. The third-order valence-electron chi connectivity index (χ3n) is 10.7. The smallest absolute Gasteiger partial charge is 0.164 e. The lowest BCUT2D eigenvalue weighted by molar-refractivity contribution is 1.07. The van der Waals surface area contributed by atoms with Crippen LogP contribution in [0.3, 0.4) is 0 Å². The van der Waals surface area contributed by atoms with Crippen molar-refractivity contribution >= 4 is 10.8 Å². The van der Waals surface area contributed by atoms with E-state index >= 15 is 0 Å². The predicted molar refractivity (Wildman–Crippen MR) is 241 cm³/mol. The van der Waals surface area contributed by atoms with Gasteiger partial charge in [-0.2, -0.15) is 0 Å². The minimum atomic E-state index is 0.615. The molecule has 272 valence electrons. The van der Waals surface area contributed by atoms with Gasteiger partial charge in [0.25, 0.3) is 0 Å². The van der Waals surface area contributed by atoms with Gasteiger partial charge in [0.1, 0.15) is 0 Å². The Labute approximate surface area is 338 Å². The summed E-state index contributed by atoms with van der Waals surface area (Å²) in [5.74, 6) is 1.86. The van der Waals surface area contributed by atoms with Crippen molar-refractivity contribution in [2.75, 3.05) is 0 Å². The average Bonchev–Trinajstić information content (AvgIpc) is 3.32. The highest BCUT2D eigenvalue weighted by Gasteiger charge is 2.18. The summed E-state index contributed by atoms with van der Waals surface area (Å²) in [6.45, 7) is 0. The van der Waals surface area contributed by atoms with Crippen molar-refractivity contribution in [2.45, 2.75) is 0 Å². The number of hydrogen-bond donors (Lipinski definition) is 0. The highest BCUT2D eigenvalue weighted by molar-refractivity contribution is 5.91. The first-order valence-electron chi connectivity index (χ1n) is 19.6. The van der Waals surface area contributed by atoms with E-state index in [1.807, 2.05) is 18.2 Å². The van der Waals surface area contributed by atoms with Crippen LogP contribution in [0.4, 0.5) is 0 Å². The van der Waals surface area contributed by atoms with E-state index in [0.29, 0.717) is 17.5 Å². The van der Waals surface area contributed by atoms with E-state index in [9.17, 15) is 0 Å². The van der Waals surface area contributed by atoms with E-state index in [4.69, 9.17) is 15.0 Å². The fourth-order valence-corrected chi connectivity index (χ4v) is 7.80. The normalized spacial score (nSPS) is 11.1. The van der Waals surface area contributed by atoms with E-state index in [1.165, 1.54) is 21.9 Å². The van der Waals surface area contributed by atoms with Crippen molar-refractivity contribution < 1.29 is 0 Å². The van der Waals surface area contributed by atoms with E-state index in [0.717, 1.165) is 61.2 Å². The van der Waals surface area contributed by atoms with Crippen LogP contribution in [-0.2, 0) is 0 Å². The lowest BCUT2D eigenvalue weighted by Crippen LogP contribution is -2.01. The Morgan fingerprint density at radius 2 is 0.621 bits per heavy atom. The number of benzene rings is 9. The third-order valence-corrected chi connectivity index (χ3v) is 10.7. The van der Waals surface area contributed by atoms with Crippen LogP contribution in [0.2, 0.25) is 0 Å². The Bertz CT molecular complexity index is 3050. The monoisotopic (exact) mass is 739 g/mol. The maximum atomic E-state index is 5.24. The molecule has 3 heteroatoms. The summed E-state index contributed by atoms with van der Waals surface area (Å²) in [6, 6.07) is 78.9. The first kappa shape index (κ1) is 34.7. The lowest BCUT2D eigenvalue weighted by atomic mass is 9.90. The second-order valence-corrected chi connectivity index (χ2v) is 14.4. The molecule has 0 aliphatic carbocycles. The molecular formula is C55H37N3. The Hall–Kier alpha value is -7.75. The summed E-state index contributed by atoms with van der Waals surface area (Å²) < 4.78 is 0. The van der Waals surface area contributed by atoms with Crippen molar-refractivity contribution in [1.29, 1.82) is 0 Å². The van der Waals surface area contributed by atoms with Crippen LogP contribution in [0, 0.1) is 0 Å². The maximum absolute atomic E-state index is 5.24. The molecule has 1 aromatic heterocycles. The number of hydrogen-bond acceptors (Lipinski definition) is 3. The molecule has 0 saturated heterocycles. The zero-order valence-corrected chi connectivity index (χ0v) is 31.7. The van der Waals surface area contributed by atoms with Gasteiger partial charge in [0.15, 0.2) is 17.5 Å². The summed E-state index contributed by atoms with van der Waals surface area (Å²) in [5.41, 5.74) is 14.1. The van der Waals surface area contributed by atoms with E-state index in [2.05, 4.69) is 206 Å². The molecule has 9 aromatic carbocycles. The van der Waals surface area contributed by atoms with Gasteiger partial charge in [-0.1, -0.05) is 200 Å². The SMILES string of the molecule is c1ccc(-c2cccc(-c3nc(-c4cccc(-c5ccc(-c6ccc7ccccc7c6)cc5-c5ccccc5)c4)nc(-c4ccccc4-c4ccccc4)n3)c2)cc1. The van der Waals surface area contributed by atoms with Crippen molar-refractivity contribution in [3.63, 3.8) is 0 Å². The maximum Gasteiger partial charge on any atom is 0.164 e. The highest BCUT2D eigenvalue weighted by atomic mass is 15.0. The van der Waals surface area contributed by atoms with Gasteiger partial charge < -0.3 is 0 Å². The predicted octanol–water partition coefficient (Wildman–Crippen LogP) is 14.4. The molecule has 3 nitrogen and oxygen atoms in total. The molecule has 0 fully saturated rings. The van der Waals surface area contributed by atoms with Crippen LogP contribution in [-0.4, -0.2) is 15.0 Å². The minimum Gasteiger partial charge on any atom is -0.208 e. The standard InChI is InChI=1S/C55H37N3/c1-4-16-38(17-5-1)43-24-14-26-47(35-43)53-56-54(58-55(57-53)51-29-13-12-28-49(51)40-19-6-2-7-20-40)48-27-15-25-46(36-48)50-33-32-45(37-52(50)41-21-8-3-9-22-41)44-31-30-39-18-10-11-23-42(39)34-44/h1-37H. The Balaban J connectivity index is 1.12. The second-order valence-electron chi connectivity index (χ2n) is 14.4. The van der Waals surface area contributed by atoms with Crippen LogP contribution >= 0.6 is 0 Å². The van der Waals surface area contributed by atoms with Crippen LogP contribution in [0.5, 0.6) is 0 Å². The molecule has 0 bridgehead atoms. The van der Waals surface area contributed by atoms with E-state index < -0.39 is 0 Å². The summed E-state index contributed by atoms with van der Waals surface area (Å²) in [7, 11) is 0. The minimum absolute atomic E-state index is 0.615. The fourth-order valence-electron chi connectivity index (χ4n) is 7.80. The molecule has 0 N–H and O–H groups in total. The first-order valence-corrected chi connectivity index (χ1v) is 19.6. The lowest BCUT2D eigenvalue weighted by Gasteiger charge is -2.15. The molecule has 0 atom stereocenters. The van der Waals surface area contributed by atoms with Gasteiger partial charge in [-0.25, -0.2) is 15.0 Å². The van der Waals surface area contributed by atoms with Crippen LogP contribution in [0.1, 0.15) is 0 Å². The summed E-state index contributed by atoms with van der Waals surface area (Å²) >= 11 is 0. The first-order chi connectivity index (χ1) is 28.7. The molecule has 0 amide bonds. The zero-order chi connectivity index (χ0) is 38.7. The summed E-state index contributed by atoms with van der Waals surface area (Å²) in [6.07, 6.45) is 0. The molecule has 58 heavy (non-hydrogen) atoms. The Kier molecular flexibility index (Phi) is 9.23. The Morgan fingerprint density at radius 1 is 0.190 bits per heavy atom. The second kappa shape index (κ2) is 15.4. The van der Waals surface area contributed by atoms with Crippen molar-refractivity contribution in [1.82, 2.24) is 15.0 Å². The van der Waals surface area contributed by atoms with Crippen molar-refractivity contribution in [3.05, 3.63) is 224 Å². The number of fused-ring (bicyclic) bond motifs is 1. The summed E-state index contributed by atoms with van der Waals surface area (Å²) in [4.78, 5) is 15.6. The number of nitrogens with zero attached hydrogens (tertiary/aromatic N) is 3. The average molecular weight is 740 g/mol. The van der Waals surface area contributed by atoms with Gasteiger partial charge in [0.05, 0.1) is 0 Å². The molecule has 0 saturated carbocycles. The van der Waals surface area contributed by atoms with Gasteiger partial charge >= 0.3 is 0 Å². The van der Waals surface area contributed by atoms with Gasteiger partial charge in [-0.3, -0.25) is 0 Å². The molecule has 10 rings (SSSR count). The van der Waals surface area contributed by atoms with Gasteiger partial charge in [0, 0.05) is 16.7 Å². The molecule has 0 radical (unpaired) electrons. The van der Waals surface area contributed by atoms with Gasteiger partial charge in [-0.15, -0.1) is 0 Å². The van der Waals surface area contributed by atoms with Crippen LogP contribution < -0.4 is 0 Å². The van der Waals surface area contributed by atoms with E-state index in [1.54, 1.807) is 0 Å². The molecule has 0 aliphatic rings. The van der Waals surface area contributed by atoms with Crippen LogP contribution in [0.25, 0.3) is 101 Å². The largest absolute Gasteiger partial charge is 0.208 e. The fraction of sp³-hybridized carbons (Fsp3) is 0.